The molecule has 0 aliphatic rings. The summed E-state index contributed by atoms with van der Waals surface area (Å²) in [6.07, 6.45) is 1.20. The molecule has 0 spiro atoms. The average molecular weight is 267 g/mol. The van der Waals surface area contributed by atoms with Gasteiger partial charge in [-0.2, -0.15) is 0 Å². The molecule has 0 N–H and O–H groups in total. The van der Waals surface area contributed by atoms with E-state index in [1.165, 1.54) is 6.17 Å². The van der Waals surface area contributed by atoms with Crippen molar-refractivity contribution >= 4 is 13.8 Å². The molecule has 0 aliphatic carbocycles. The topological polar surface area (TPSA) is 43.1 Å². The van der Waals surface area contributed by atoms with E-state index in [1.807, 2.05) is 12.1 Å². The Morgan fingerprint density at radius 3 is 2.06 bits per heavy atom. The molecule has 0 unspecified atom stereocenters. The molecule has 100 valence electrons. The van der Waals surface area contributed by atoms with Crippen LogP contribution < -0.4 is 0 Å². The second-order valence-corrected chi connectivity index (χ2v) is 12.2. The number of nitrogens with zero attached hydrogens (tertiary/aromatic N) is 2. The summed E-state index contributed by atoms with van der Waals surface area (Å²) in [4.78, 5) is 10.2. The molecule has 1 aromatic rings. The molecule has 0 saturated heterocycles. The molecule has 0 aromatic heterocycles. The molecule has 0 heterocycles. The zero-order valence-corrected chi connectivity index (χ0v) is 12.9. The summed E-state index contributed by atoms with van der Waals surface area (Å²) >= 11 is 0. The van der Waals surface area contributed by atoms with Crippen LogP contribution in [0.1, 0.15) is 5.56 Å². The third-order valence-corrected chi connectivity index (χ3v) is 4.46. The standard InChI is InChI=1S/C13H23N2O2Si/c1-15(2,11-18(3,4)5)10-12-6-8-13(9-7-12)14(16)17/h6-9H,10-11H2,1-5H3/q+1. The molecular weight excluding hydrogens is 244 g/mol. The van der Waals surface area contributed by atoms with Gasteiger partial charge in [-0.15, -0.1) is 0 Å². The third kappa shape index (κ3) is 4.97. The predicted molar refractivity (Wildman–Crippen MR) is 77.1 cm³/mol. The van der Waals surface area contributed by atoms with Crippen molar-refractivity contribution in [3.8, 4) is 0 Å². The van der Waals surface area contributed by atoms with Crippen LogP contribution in [0.2, 0.25) is 19.6 Å². The van der Waals surface area contributed by atoms with E-state index >= 15 is 0 Å². The van der Waals surface area contributed by atoms with Gasteiger partial charge in [0.05, 0.1) is 25.2 Å². The molecule has 0 aliphatic heterocycles. The van der Waals surface area contributed by atoms with Crippen molar-refractivity contribution in [1.29, 1.82) is 0 Å². The Bertz CT molecular complexity index is 422. The van der Waals surface area contributed by atoms with Crippen LogP contribution in [0.5, 0.6) is 0 Å². The Hall–Kier alpha value is -1.20. The molecule has 4 nitrogen and oxygen atoms in total. The smallest absolute Gasteiger partial charge is 0.269 e. The first-order chi connectivity index (χ1) is 8.09. The van der Waals surface area contributed by atoms with Crippen LogP contribution in [0.4, 0.5) is 5.69 Å². The first-order valence-electron chi connectivity index (χ1n) is 6.14. The maximum absolute atomic E-state index is 10.6. The maximum atomic E-state index is 10.6. The minimum Gasteiger partial charge on any atom is -0.328 e. The molecule has 5 heteroatoms. The van der Waals surface area contributed by atoms with Crippen LogP contribution in [0.3, 0.4) is 0 Å². The van der Waals surface area contributed by atoms with Gasteiger partial charge in [-0.05, 0) is 12.1 Å². The lowest BCUT2D eigenvalue weighted by Gasteiger charge is -2.35. The Morgan fingerprint density at radius 2 is 1.67 bits per heavy atom. The summed E-state index contributed by atoms with van der Waals surface area (Å²) in [5.41, 5.74) is 1.32. The Morgan fingerprint density at radius 1 is 1.17 bits per heavy atom. The first-order valence-corrected chi connectivity index (χ1v) is 9.85. The van der Waals surface area contributed by atoms with Crippen LogP contribution in [0.25, 0.3) is 0 Å². The minimum absolute atomic E-state index is 0.161. The van der Waals surface area contributed by atoms with Crippen LogP contribution in [-0.4, -0.2) is 37.7 Å². The normalized spacial score (nSPS) is 12.5. The summed E-state index contributed by atoms with van der Waals surface area (Å²) < 4.78 is 0.938. The molecule has 0 amide bonds. The monoisotopic (exact) mass is 267 g/mol. The van der Waals surface area contributed by atoms with Crippen molar-refractivity contribution in [2.75, 3.05) is 20.3 Å². The van der Waals surface area contributed by atoms with Gasteiger partial charge in [0, 0.05) is 17.7 Å². The van der Waals surface area contributed by atoms with E-state index < -0.39 is 8.07 Å². The second-order valence-electron chi connectivity index (χ2n) is 6.74. The Kier molecular flexibility index (Phi) is 4.29. The number of hydrogen-bond donors (Lipinski definition) is 0. The van der Waals surface area contributed by atoms with Gasteiger partial charge in [-0.25, -0.2) is 0 Å². The number of nitro benzene ring substituents is 1. The van der Waals surface area contributed by atoms with Gasteiger partial charge in [0.25, 0.3) is 5.69 Å². The van der Waals surface area contributed by atoms with E-state index in [1.54, 1.807) is 12.1 Å². The lowest BCUT2D eigenvalue weighted by molar-refractivity contribution is -0.894. The predicted octanol–water partition coefficient (Wildman–Crippen LogP) is 3.05. The van der Waals surface area contributed by atoms with Crippen LogP contribution in [0.15, 0.2) is 24.3 Å². The minimum atomic E-state index is -1.11. The summed E-state index contributed by atoms with van der Waals surface area (Å²) in [5.74, 6) is 0. The Labute approximate surface area is 110 Å². The van der Waals surface area contributed by atoms with Gasteiger partial charge in [0.15, 0.2) is 0 Å². The highest BCUT2D eigenvalue weighted by atomic mass is 28.3. The van der Waals surface area contributed by atoms with Gasteiger partial charge in [-0.3, -0.25) is 10.1 Å². The second kappa shape index (κ2) is 5.20. The highest BCUT2D eigenvalue weighted by Gasteiger charge is 2.26. The van der Waals surface area contributed by atoms with Crippen molar-refractivity contribution in [3.63, 3.8) is 0 Å². The van der Waals surface area contributed by atoms with Gasteiger partial charge in [0.2, 0.25) is 0 Å². The molecule has 0 bridgehead atoms. The lowest BCUT2D eigenvalue weighted by Crippen LogP contribution is -2.49. The van der Waals surface area contributed by atoms with Gasteiger partial charge in [0.1, 0.15) is 14.6 Å². The number of nitro groups is 1. The number of non-ortho nitro benzene ring substituents is 1. The van der Waals surface area contributed by atoms with E-state index in [-0.39, 0.29) is 10.6 Å². The molecule has 0 saturated carbocycles. The lowest BCUT2D eigenvalue weighted by atomic mass is 10.2. The number of hydrogen-bond acceptors (Lipinski definition) is 2. The van der Waals surface area contributed by atoms with Crippen molar-refractivity contribution in [2.45, 2.75) is 26.2 Å². The van der Waals surface area contributed by atoms with Crippen molar-refractivity contribution in [1.82, 2.24) is 0 Å². The van der Waals surface area contributed by atoms with Crippen molar-refractivity contribution in [2.24, 2.45) is 0 Å². The highest BCUT2D eigenvalue weighted by molar-refractivity contribution is 6.75. The van der Waals surface area contributed by atoms with Crippen LogP contribution in [0, 0.1) is 10.1 Å². The molecular formula is C13H23N2O2Si+. The van der Waals surface area contributed by atoms with Crippen molar-refractivity contribution < 1.29 is 9.41 Å². The zero-order valence-electron chi connectivity index (χ0n) is 11.9. The van der Waals surface area contributed by atoms with E-state index in [9.17, 15) is 10.1 Å². The van der Waals surface area contributed by atoms with Crippen LogP contribution >= 0.6 is 0 Å². The number of quaternary nitrogens is 1. The zero-order chi connectivity index (χ0) is 14.0. The van der Waals surface area contributed by atoms with E-state index in [0.29, 0.717) is 0 Å². The summed E-state index contributed by atoms with van der Waals surface area (Å²) in [5, 5.41) is 10.6. The Balaban J connectivity index is 2.75. The number of rotatable bonds is 5. The quantitative estimate of drug-likeness (QED) is 0.356. The maximum Gasteiger partial charge on any atom is 0.269 e. The van der Waals surface area contributed by atoms with E-state index in [0.717, 1.165) is 16.6 Å². The number of benzene rings is 1. The fraction of sp³-hybridized carbons (Fsp3) is 0.538. The third-order valence-electron chi connectivity index (χ3n) is 2.66. The highest BCUT2D eigenvalue weighted by Crippen LogP contribution is 2.17. The van der Waals surface area contributed by atoms with E-state index in [2.05, 4.69) is 33.7 Å². The average Bonchev–Trinajstić information content (AvgIpc) is 2.13. The summed E-state index contributed by atoms with van der Waals surface area (Å²) in [6.45, 7) is 8.01. The molecule has 0 fully saturated rings. The molecule has 0 atom stereocenters. The summed E-state index contributed by atoms with van der Waals surface area (Å²) in [7, 11) is 3.33. The van der Waals surface area contributed by atoms with E-state index in [4.69, 9.17) is 0 Å². The SMILES string of the molecule is C[N+](C)(Cc1ccc([N+](=O)[O-])cc1)C[Si](C)(C)C. The first kappa shape index (κ1) is 14.9. The largest absolute Gasteiger partial charge is 0.328 e. The molecule has 18 heavy (non-hydrogen) atoms. The molecule has 1 aromatic carbocycles. The van der Waals surface area contributed by atoms with Gasteiger partial charge in [-0.1, -0.05) is 19.6 Å². The summed E-state index contributed by atoms with van der Waals surface area (Å²) in [6, 6.07) is 6.90. The van der Waals surface area contributed by atoms with Crippen molar-refractivity contribution in [3.05, 3.63) is 39.9 Å². The van der Waals surface area contributed by atoms with Crippen LogP contribution in [-0.2, 0) is 6.54 Å². The molecule has 1 rings (SSSR count). The fourth-order valence-corrected chi connectivity index (χ4v) is 5.24. The van der Waals surface area contributed by atoms with Gasteiger partial charge >= 0.3 is 0 Å². The molecule has 0 radical (unpaired) electrons. The van der Waals surface area contributed by atoms with Gasteiger partial charge < -0.3 is 4.48 Å². The fourth-order valence-electron chi connectivity index (χ4n) is 2.56.